The fourth-order valence-electron chi connectivity index (χ4n) is 1.81. The molecule has 0 radical (unpaired) electrons. The molecule has 0 aliphatic carbocycles. The molecular formula is C14H16N4O. The minimum absolute atomic E-state index is 0.0696. The summed E-state index contributed by atoms with van der Waals surface area (Å²) in [6.45, 7) is 4.79. The monoisotopic (exact) mass is 256 g/mol. The van der Waals surface area contributed by atoms with Crippen LogP contribution in [0.4, 0.5) is 5.69 Å². The van der Waals surface area contributed by atoms with Gasteiger partial charge in [-0.25, -0.2) is 0 Å². The van der Waals surface area contributed by atoms with Gasteiger partial charge >= 0.3 is 0 Å². The second-order valence-corrected chi connectivity index (χ2v) is 4.24. The third-order valence-corrected chi connectivity index (χ3v) is 2.91. The second-order valence-electron chi connectivity index (χ2n) is 4.24. The van der Waals surface area contributed by atoms with Crippen LogP contribution in [0.2, 0.25) is 0 Å². The summed E-state index contributed by atoms with van der Waals surface area (Å²) < 4.78 is 5.19. The smallest absolute Gasteiger partial charge is 0.174 e. The van der Waals surface area contributed by atoms with Crippen LogP contribution < -0.4 is 10.1 Å². The van der Waals surface area contributed by atoms with Crippen molar-refractivity contribution in [2.75, 3.05) is 11.9 Å². The lowest BCUT2D eigenvalue weighted by atomic mass is 10.2. The molecule has 2 N–H and O–H groups in total. The minimum Gasteiger partial charge on any atom is -0.479 e. The van der Waals surface area contributed by atoms with E-state index in [-0.39, 0.29) is 6.61 Å². The van der Waals surface area contributed by atoms with Gasteiger partial charge in [0.2, 0.25) is 0 Å². The zero-order valence-electron chi connectivity index (χ0n) is 11.0. The summed E-state index contributed by atoms with van der Waals surface area (Å²) >= 11 is 0. The molecule has 98 valence electrons. The Morgan fingerprint density at radius 2 is 2.05 bits per heavy atom. The van der Waals surface area contributed by atoms with Crippen molar-refractivity contribution in [3.63, 3.8) is 0 Å². The highest BCUT2D eigenvalue weighted by Crippen LogP contribution is 2.17. The van der Waals surface area contributed by atoms with Gasteiger partial charge in [-0.15, -0.1) is 0 Å². The van der Waals surface area contributed by atoms with Crippen molar-refractivity contribution >= 4 is 5.69 Å². The topological polar surface area (TPSA) is 73.7 Å². The third kappa shape index (κ3) is 3.26. The molecule has 0 spiro atoms. The van der Waals surface area contributed by atoms with Gasteiger partial charge in [0.1, 0.15) is 11.8 Å². The van der Waals surface area contributed by atoms with Crippen molar-refractivity contribution in [1.82, 2.24) is 10.2 Å². The molecule has 2 aromatic rings. The first-order valence-corrected chi connectivity index (χ1v) is 6.05. The van der Waals surface area contributed by atoms with E-state index in [0.717, 1.165) is 23.6 Å². The molecule has 1 aromatic heterocycles. The van der Waals surface area contributed by atoms with E-state index in [2.05, 4.69) is 15.5 Å². The SMILES string of the molecule is Cc1n[nH]c(C)c1CNc1ccc(OCC#N)cc1. The van der Waals surface area contributed by atoms with E-state index < -0.39 is 0 Å². The Kier molecular flexibility index (Phi) is 4.04. The lowest BCUT2D eigenvalue weighted by Gasteiger charge is -2.08. The van der Waals surface area contributed by atoms with Crippen LogP contribution in [0.5, 0.6) is 5.75 Å². The molecule has 0 aliphatic rings. The fourth-order valence-corrected chi connectivity index (χ4v) is 1.81. The van der Waals surface area contributed by atoms with E-state index >= 15 is 0 Å². The molecule has 0 unspecified atom stereocenters. The van der Waals surface area contributed by atoms with Crippen molar-refractivity contribution in [1.29, 1.82) is 5.26 Å². The van der Waals surface area contributed by atoms with Crippen LogP contribution in [0.1, 0.15) is 17.0 Å². The summed E-state index contributed by atoms with van der Waals surface area (Å²) in [4.78, 5) is 0. The number of hydrogen-bond donors (Lipinski definition) is 2. The molecule has 5 heteroatoms. The Labute approximate surface area is 112 Å². The van der Waals surface area contributed by atoms with Gasteiger partial charge in [-0.2, -0.15) is 10.4 Å². The highest BCUT2D eigenvalue weighted by Gasteiger charge is 2.05. The summed E-state index contributed by atoms with van der Waals surface area (Å²) in [6, 6.07) is 9.48. The average Bonchev–Trinajstić information content (AvgIpc) is 2.75. The Bertz CT molecular complexity index is 561. The number of aromatic amines is 1. The van der Waals surface area contributed by atoms with Crippen molar-refractivity contribution in [2.45, 2.75) is 20.4 Å². The summed E-state index contributed by atoms with van der Waals surface area (Å²) in [5.74, 6) is 0.697. The van der Waals surface area contributed by atoms with Crippen LogP contribution in [0.15, 0.2) is 24.3 Å². The largest absolute Gasteiger partial charge is 0.479 e. The first kappa shape index (κ1) is 13.0. The number of rotatable bonds is 5. The highest BCUT2D eigenvalue weighted by molar-refractivity contribution is 5.47. The number of aromatic nitrogens is 2. The van der Waals surface area contributed by atoms with E-state index in [0.29, 0.717) is 5.75 Å². The number of nitrogens with zero attached hydrogens (tertiary/aromatic N) is 2. The number of nitrogens with one attached hydrogen (secondary N) is 2. The van der Waals surface area contributed by atoms with Crippen LogP contribution in [0.25, 0.3) is 0 Å². The molecule has 0 saturated carbocycles. The van der Waals surface area contributed by atoms with Gasteiger partial charge in [0.15, 0.2) is 6.61 Å². The molecule has 19 heavy (non-hydrogen) atoms. The van der Waals surface area contributed by atoms with Crippen LogP contribution in [-0.4, -0.2) is 16.8 Å². The first-order valence-electron chi connectivity index (χ1n) is 6.05. The van der Waals surface area contributed by atoms with E-state index in [4.69, 9.17) is 10.00 Å². The predicted octanol–water partition coefficient (Wildman–Crippen LogP) is 2.54. The van der Waals surface area contributed by atoms with Crippen molar-refractivity contribution in [3.8, 4) is 11.8 Å². The summed E-state index contributed by atoms with van der Waals surface area (Å²) in [6.07, 6.45) is 0. The predicted molar refractivity (Wildman–Crippen MR) is 72.9 cm³/mol. The van der Waals surface area contributed by atoms with E-state index in [1.165, 1.54) is 5.56 Å². The van der Waals surface area contributed by atoms with Gasteiger partial charge in [-0.3, -0.25) is 5.10 Å². The van der Waals surface area contributed by atoms with Gasteiger partial charge < -0.3 is 10.1 Å². The van der Waals surface area contributed by atoms with Crippen molar-refractivity contribution in [2.24, 2.45) is 0 Å². The summed E-state index contributed by atoms with van der Waals surface area (Å²) in [7, 11) is 0. The second kappa shape index (κ2) is 5.91. The van der Waals surface area contributed by atoms with Gasteiger partial charge in [-0.05, 0) is 38.1 Å². The van der Waals surface area contributed by atoms with Crippen LogP contribution in [0, 0.1) is 25.2 Å². The molecule has 0 bridgehead atoms. The zero-order valence-corrected chi connectivity index (χ0v) is 11.0. The highest BCUT2D eigenvalue weighted by atomic mass is 16.5. The maximum atomic E-state index is 8.43. The molecule has 0 fully saturated rings. The number of anilines is 1. The maximum Gasteiger partial charge on any atom is 0.174 e. The normalized spacial score (nSPS) is 9.95. The molecular weight excluding hydrogens is 240 g/mol. The number of aryl methyl sites for hydroxylation is 2. The van der Waals surface area contributed by atoms with Gasteiger partial charge in [0, 0.05) is 23.5 Å². The lowest BCUT2D eigenvalue weighted by molar-refractivity contribution is 0.368. The number of nitriles is 1. The third-order valence-electron chi connectivity index (χ3n) is 2.91. The number of ether oxygens (including phenoxy) is 1. The Hall–Kier alpha value is -2.48. The quantitative estimate of drug-likeness (QED) is 0.862. The summed E-state index contributed by atoms with van der Waals surface area (Å²) in [5, 5.41) is 18.9. The fraction of sp³-hybridized carbons (Fsp3) is 0.286. The van der Waals surface area contributed by atoms with Crippen LogP contribution in [0.3, 0.4) is 0 Å². The van der Waals surface area contributed by atoms with Crippen molar-refractivity contribution < 1.29 is 4.74 Å². The molecule has 2 rings (SSSR count). The molecule has 0 amide bonds. The Balaban J connectivity index is 1.95. The van der Waals surface area contributed by atoms with Crippen LogP contribution >= 0.6 is 0 Å². The van der Waals surface area contributed by atoms with Gasteiger partial charge in [0.05, 0.1) is 5.69 Å². The van der Waals surface area contributed by atoms with E-state index in [1.54, 1.807) is 0 Å². The molecule has 0 saturated heterocycles. The number of benzene rings is 1. The maximum absolute atomic E-state index is 8.43. The minimum atomic E-state index is 0.0696. The number of H-pyrrole nitrogens is 1. The summed E-state index contributed by atoms with van der Waals surface area (Å²) in [5.41, 5.74) is 4.28. The molecule has 1 heterocycles. The molecule has 1 aromatic carbocycles. The molecule has 0 aliphatic heterocycles. The van der Waals surface area contributed by atoms with Crippen molar-refractivity contribution in [3.05, 3.63) is 41.2 Å². The average molecular weight is 256 g/mol. The lowest BCUT2D eigenvalue weighted by Crippen LogP contribution is -2.01. The molecule has 5 nitrogen and oxygen atoms in total. The van der Waals surface area contributed by atoms with Gasteiger partial charge in [-0.1, -0.05) is 0 Å². The Morgan fingerprint density at radius 3 is 2.63 bits per heavy atom. The van der Waals surface area contributed by atoms with E-state index in [9.17, 15) is 0 Å². The van der Waals surface area contributed by atoms with Gasteiger partial charge in [0.25, 0.3) is 0 Å². The zero-order chi connectivity index (χ0) is 13.7. The Morgan fingerprint density at radius 1 is 1.32 bits per heavy atom. The van der Waals surface area contributed by atoms with E-state index in [1.807, 2.05) is 44.2 Å². The first-order chi connectivity index (χ1) is 9.20. The molecule has 0 atom stereocenters. The number of hydrogen-bond acceptors (Lipinski definition) is 4. The standard InChI is InChI=1S/C14H16N4O/c1-10-14(11(2)18-17-10)9-16-12-3-5-13(6-4-12)19-8-7-15/h3-6,16H,8-9H2,1-2H3,(H,17,18). The van der Waals surface area contributed by atoms with Crippen LogP contribution in [-0.2, 0) is 6.54 Å².